The Balaban J connectivity index is 1.64. The van der Waals surface area contributed by atoms with E-state index in [4.69, 9.17) is 16.4 Å². The van der Waals surface area contributed by atoms with Gasteiger partial charge >= 0.3 is 6.55 Å². The topological polar surface area (TPSA) is 68.5 Å². The molecule has 9 heteroatoms. The van der Waals surface area contributed by atoms with Crippen molar-refractivity contribution in [2.24, 2.45) is 5.16 Å². The van der Waals surface area contributed by atoms with Crippen molar-refractivity contribution in [3.8, 4) is 0 Å². The van der Waals surface area contributed by atoms with Crippen LogP contribution in [0.4, 0.5) is 8.78 Å². The van der Waals surface area contributed by atoms with Crippen LogP contribution in [0.5, 0.6) is 0 Å². The number of imidazole rings is 1. The van der Waals surface area contributed by atoms with Crippen molar-refractivity contribution in [2.45, 2.75) is 26.4 Å². The van der Waals surface area contributed by atoms with E-state index in [0.717, 1.165) is 10.1 Å². The number of nitrogens with zero attached hydrogens (tertiary/aromatic N) is 3. The number of hydrogen-bond donors (Lipinski definition) is 1. The van der Waals surface area contributed by atoms with Gasteiger partial charge < -0.3 is 10.2 Å². The molecule has 1 N–H and O–H groups in total. The Labute approximate surface area is 171 Å². The first-order valence-corrected chi connectivity index (χ1v) is 9.21. The molecule has 1 aromatic heterocycles. The summed E-state index contributed by atoms with van der Waals surface area (Å²) < 4.78 is 27.7. The zero-order chi connectivity index (χ0) is 21.0. The predicted molar refractivity (Wildman–Crippen MR) is 107 cm³/mol. The van der Waals surface area contributed by atoms with E-state index in [0.29, 0.717) is 16.1 Å². The number of para-hydroxylation sites is 2. The van der Waals surface area contributed by atoms with Crippen LogP contribution in [-0.4, -0.2) is 27.8 Å². The third-order valence-electron chi connectivity index (χ3n) is 4.26. The number of hydrogen-bond acceptors (Lipinski definition) is 4. The molecule has 3 aromatic rings. The van der Waals surface area contributed by atoms with E-state index in [1.165, 1.54) is 6.92 Å². The molecule has 0 aliphatic carbocycles. The van der Waals surface area contributed by atoms with Gasteiger partial charge in [0, 0.05) is 5.02 Å². The number of halogens is 3. The summed E-state index contributed by atoms with van der Waals surface area (Å²) in [6.07, 6.45) is 0. The summed E-state index contributed by atoms with van der Waals surface area (Å²) in [5.74, 6) is -0.414. The van der Waals surface area contributed by atoms with E-state index < -0.39 is 12.5 Å². The molecule has 6 nitrogen and oxygen atoms in total. The van der Waals surface area contributed by atoms with Crippen LogP contribution in [0.3, 0.4) is 0 Å². The quantitative estimate of drug-likeness (QED) is 0.445. The van der Waals surface area contributed by atoms with Gasteiger partial charge in [0.15, 0.2) is 12.4 Å². The van der Waals surface area contributed by atoms with Gasteiger partial charge in [-0.05, 0) is 43.7 Å². The zero-order valence-corrected chi connectivity index (χ0v) is 16.5. The molecule has 0 aliphatic rings. The summed E-state index contributed by atoms with van der Waals surface area (Å²) in [5.41, 5.74) is 1.74. The molecule has 152 valence electrons. The number of benzene rings is 2. The molecule has 0 bridgehead atoms. The lowest BCUT2D eigenvalue weighted by Crippen LogP contribution is -2.29. The molecule has 29 heavy (non-hydrogen) atoms. The molecular formula is C20H19ClF2N4O2. The number of rotatable bonds is 7. The summed E-state index contributed by atoms with van der Waals surface area (Å²) in [4.78, 5) is 21.3. The lowest BCUT2D eigenvalue weighted by molar-refractivity contribution is -0.126. The summed E-state index contributed by atoms with van der Waals surface area (Å²) in [7, 11) is 0. The summed E-state index contributed by atoms with van der Waals surface area (Å²) in [5, 5.41) is 7.16. The van der Waals surface area contributed by atoms with Crippen molar-refractivity contribution in [2.75, 3.05) is 6.61 Å². The van der Waals surface area contributed by atoms with Crippen molar-refractivity contribution in [3.05, 3.63) is 64.9 Å². The number of alkyl halides is 2. The van der Waals surface area contributed by atoms with E-state index in [2.05, 4.69) is 15.5 Å². The lowest BCUT2D eigenvalue weighted by atomic mass is 10.1. The van der Waals surface area contributed by atoms with Crippen molar-refractivity contribution in [1.82, 2.24) is 14.9 Å². The third kappa shape index (κ3) is 4.89. The summed E-state index contributed by atoms with van der Waals surface area (Å²) >= 11 is 5.85. The number of nitrogens with one attached hydrogen (secondary N) is 1. The fraction of sp³-hybridized carbons (Fsp3) is 0.250. The predicted octanol–water partition coefficient (Wildman–Crippen LogP) is 4.70. The van der Waals surface area contributed by atoms with E-state index >= 15 is 0 Å². The Morgan fingerprint density at radius 2 is 1.93 bits per heavy atom. The Kier molecular flexibility index (Phi) is 6.43. The van der Waals surface area contributed by atoms with Crippen molar-refractivity contribution in [1.29, 1.82) is 0 Å². The van der Waals surface area contributed by atoms with Gasteiger partial charge in [-0.15, -0.1) is 0 Å². The van der Waals surface area contributed by atoms with Crippen LogP contribution >= 0.6 is 11.6 Å². The largest absolute Gasteiger partial charge is 0.385 e. The second-order valence-electron chi connectivity index (χ2n) is 6.36. The molecule has 0 radical (unpaired) electrons. The van der Waals surface area contributed by atoms with Gasteiger partial charge in [0.25, 0.3) is 5.91 Å². The fourth-order valence-electron chi connectivity index (χ4n) is 2.84. The Morgan fingerprint density at radius 3 is 2.62 bits per heavy atom. The van der Waals surface area contributed by atoms with E-state index in [-0.39, 0.29) is 24.2 Å². The average molecular weight is 421 g/mol. The minimum Gasteiger partial charge on any atom is -0.385 e. The number of carbonyl (C=O) groups excluding carboxylic acids is 1. The van der Waals surface area contributed by atoms with Gasteiger partial charge in [-0.25, -0.2) is 4.98 Å². The monoisotopic (exact) mass is 420 g/mol. The number of amides is 1. The third-order valence-corrected chi connectivity index (χ3v) is 4.51. The Hall–Kier alpha value is -3.00. The van der Waals surface area contributed by atoms with Gasteiger partial charge in [-0.3, -0.25) is 9.36 Å². The van der Waals surface area contributed by atoms with Crippen LogP contribution in [0.1, 0.15) is 37.8 Å². The van der Waals surface area contributed by atoms with Gasteiger partial charge in [0.2, 0.25) is 0 Å². The molecule has 0 saturated heterocycles. The molecule has 2 aromatic carbocycles. The first-order chi connectivity index (χ1) is 13.9. The summed E-state index contributed by atoms with van der Waals surface area (Å²) in [6, 6.07) is 13.4. The maximum Gasteiger partial charge on any atom is 0.320 e. The molecule has 1 heterocycles. The standard InChI is InChI=1S/C20H19ClF2N4O2/c1-12(14-7-9-15(21)10-8-14)24-18(28)11-29-26-13(2)19-25-16-5-3-4-6-17(16)27(19)20(22)23/h3-10,12,20H,11H2,1-2H3,(H,24,28)/b26-13-. The summed E-state index contributed by atoms with van der Waals surface area (Å²) in [6.45, 7) is 0.171. The normalized spacial score (nSPS) is 13.0. The van der Waals surface area contributed by atoms with Crippen LogP contribution in [0, 0.1) is 0 Å². The molecule has 1 unspecified atom stereocenters. The molecule has 1 atom stereocenters. The zero-order valence-electron chi connectivity index (χ0n) is 15.8. The number of fused-ring (bicyclic) bond motifs is 1. The van der Waals surface area contributed by atoms with Gasteiger partial charge in [0.1, 0.15) is 5.71 Å². The van der Waals surface area contributed by atoms with Gasteiger partial charge in [0.05, 0.1) is 17.1 Å². The molecular weight excluding hydrogens is 402 g/mol. The molecule has 0 aliphatic heterocycles. The highest BCUT2D eigenvalue weighted by atomic mass is 35.5. The Bertz CT molecular complexity index is 1030. The van der Waals surface area contributed by atoms with Gasteiger partial charge in [-0.1, -0.05) is 41.0 Å². The van der Waals surface area contributed by atoms with Crippen LogP contribution < -0.4 is 5.32 Å². The number of oxime groups is 1. The second kappa shape index (κ2) is 9.00. The SMILES string of the molecule is C/C(=N/OCC(=O)NC(C)c1ccc(Cl)cc1)c1nc2ccccc2n1C(F)F. The highest BCUT2D eigenvalue weighted by molar-refractivity contribution is 6.30. The smallest absolute Gasteiger partial charge is 0.320 e. The molecule has 0 fully saturated rings. The number of carbonyl (C=O) groups is 1. The minimum absolute atomic E-state index is 0.0175. The first kappa shape index (κ1) is 20.7. The second-order valence-corrected chi connectivity index (χ2v) is 6.80. The van der Waals surface area contributed by atoms with E-state index in [1.54, 1.807) is 36.4 Å². The fourth-order valence-corrected chi connectivity index (χ4v) is 2.97. The van der Waals surface area contributed by atoms with Gasteiger partial charge in [-0.2, -0.15) is 8.78 Å². The number of aromatic nitrogens is 2. The van der Waals surface area contributed by atoms with Crippen molar-refractivity contribution >= 4 is 34.3 Å². The first-order valence-electron chi connectivity index (χ1n) is 8.83. The maximum atomic E-state index is 13.5. The molecule has 1 amide bonds. The molecule has 0 saturated carbocycles. The molecule has 3 rings (SSSR count). The molecule has 0 spiro atoms. The van der Waals surface area contributed by atoms with Crippen LogP contribution in [-0.2, 0) is 9.63 Å². The van der Waals surface area contributed by atoms with Crippen LogP contribution in [0.25, 0.3) is 11.0 Å². The highest BCUT2D eigenvalue weighted by Crippen LogP contribution is 2.23. The maximum absolute atomic E-state index is 13.5. The van der Waals surface area contributed by atoms with Crippen LogP contribution in [0.2, 0.25) is 5.02 Å². The minimum atomic E-state index is -2.79. The Morgan fingerprint density at radius 1 is 1.24 bits per heavy atom. The lowest BCUT2D eigenvalue weighted by Gasteiger charge is -2.14. The van der Waals surface area contributed by atoms with Crippen LogP contribution in [0.15, 0.2) is 53.7 Å². The van der Waals surface area contributed by atoms with E-state index in [9.17, 15) is 13.6 Å². The van der Waals surface area contributed by atoms with E-state index in [1.807, 2.05) is 19.1 Å². The van der Waals surface area contributed by atoms with Crippen molar-refractivity contribution in [3.63, 3.8) is 0 Å². The highest BCUT2D eigenvalue weighted by Gasteiger charge is 2.19. The average Bonchev–Trinajstić information content (AvgIpc) is 3.08. The van der Waals surface area contributed by atoms with Crippen molar-refractivity contribution < 1.29 is 18.4 Å².